The van der Waals surface area contributed by atoms with Gasteiger partial charge in [0.2, 0.25) is 0 Å². The van der Waals surface area contributed by atoms with Crippen molar-refractivity contribution >= 4 is 17.7 Å². The molecule has 2 aromatic rings. The van der Waals surface area contributed by atoms with Gasteiger partial charge in [-0.25, -0.2) is 4.79 Å². The lowest BCUT2D eigenvalue weighted by molar-refractivity contribution is -0.136. The largest absolute Gasteiger partial charge is 0.481 e. The van der Waals surface area contributed by atoms with Crippen molar-refractivity contribution < 1.29 is 14.7 Å². The summed E-state index contributed by atoms with van der Waals surface area (Å²) in [7, 11) is 0. The highest BCUT2D eigenvalue weighted by molar-refractivity contribution is 5.94. The van der Waals surface area contributed by atoms with Gasteiger partial charge in [-0.3, -0.25) is 4.79 Å². The van der Waals surface area contributed by atoms with Gasteiger partial charge in [-0.2, -0.15) is 0 Å². The third-order valence-corrected chi connectivity index (χ3v) is 2.88. The third-order valence-electron chi connectivity index (χ3n) is 2.88. The first-order valence-corrected chi connectivity index (χ1v) is 6.58. The second-order valence-electron chi connectivity index (χ2n) is 4.44. The van der Waals surface area contributed by atoms with E-state index in [1.165, 1.54) is 0 Å². The molecule has 108 valence electrons. The summed E-state index contributed by atoms with van der Waals surface area (Å²) in [5.41, 5.74) is 2.59. The van der Waals surface area contributed by atoms with E-state index in [2.05, 4.69) is 10.6 Å². The minimum Gasteiger partial charge on any atom is -0.481 e. The minimum atomic E-state index is -0.944. The molecule has 2 rings (SSSR count). The number of para-hydroxylation sites is 1. The maximum absolute atomic E-state index is 11.8. The number of hydrogen-bond donors (Lipinski definition) is 3. The summed E-state index contributed by atoms with van der Waals surface area (Å²) in [4.78, 5) is 22.2. The Morgan fingerprint density at radius 1 is 0.952 bits per heavy atom. The first-order chi connectivity index (χ1) is 10.2. The molecule has 2 amide bonds. The smallest absolute Gasteiger partial charge is 0.319 e. The molecular formula is C16H16N2O3. The normalized spacial score (nSPS) is 9.90. The predicted octanol–water partition coefficient (Wildman–Crippen LogP) is 2.95. The zero-order chi connectivity index (χ0) is 15.1. The number of carboxylic acid groups (broad SMARTS) is 1. The highest BCUT2D eigenvalue weighted by atomic mass is 16.4. The molecule has 0 aliphatic rings. The Balaban J connectivity index is 2.07. The first kappa shape index (κ1) is 14.6. The number of rotatable bonds is 5. The van der Waals surface area contributed by atoms with E-state index in [1.807, 2.05) is 48.5 Å². The predicted molar refractivity (Wildman–Crippen MR) is 81.2 cm³/mol. The summed E-state index contributed by atoms with van der Waals surface area (Å²) in [5.74, 6) is -0.944. The monoisotopic (exact) mass is 284 g/mol. The number of anilines is 1. The average molecular weight is 284 g/mol. The molecular weight excluding hydrogens is 268 g/mol. The van der Waals surface area contributed by atoms with Crippen LogP contribution >= 0.6 is 0 Å². The van der Waals surface area contributed by atoms with Crippen LogP contribution in [0.3, 0.4) is 0 Å². The fourth-order valence-corrected chi connectivity index (χ4v) is 1.91. The third kappa shape index (κ3) is 4.35. The van der Waals surface area contributed by atoms with Crippen LogP contribution in [0.25, 0.3) is 11.1 Å². The molecule has 0 atom stereocenters. The number of carbonyl (C=O) groups is 2. The van der Waals surface area contributed by atoms with Crippen LogP contribution in [0.4, 0.5) is 10.5 Å². The van der Waals surface area contributed by atoms with Gasteiger partial charge in [0.15, 0.2) is 0 Å². The Morgan fingerprint density at radius 2 is 1.62 bits per heavy atom. The summed E-state index contributed by atoms with van der Waals surface area (Å²) in [5, 5.41) is 13.8. The van der Waals surface area contributed by atoms with Crippen molar-refractivity contribution in [2.45, 2.75) is 6.42 Å². The van der Waals surface area contributed by atoms with E-state index < -0.39 is 12.0 Å². The van der Waals surface area contributed by atoms with Crippen molar-refractivity contribution in [3.05, 3.63) is 54.6 Å². The number of amides is 2. The second-order valence-corrected chi connectivity index (χ2v) is 4.44. The Bertz CT molecular complexity index is 626. The molecule has 0 aromatic heterocycles. The molecule has 0 saturated heterocycles. The van der Waals surface area contributed by atoms with E-state index in [0.717, 1.165) is 11.1 Å². The van der Waals surface area contributed by atoms with Gasteiger partial charge in [-0.15, -0.1) is 0 Å². The van der Waals surface area contributed by atoms with Gasteiger partial charge in [0.1, 0.15) is 0 Å². The molecule has 5 nitrogen and oxygen atoms in total. The highest BCUT2D eigenvalue weighted by Gasteiger charge is 2.07. The van der Waals surface area contributed by atoms with Crippen molar-refractivity contribution in [1.29, 1.82) is 0 Å². The molecule has 0 bridgehead atoms. The van der Waals surface area contributed by atoms with Gasteiger partial charge in [0.25, 0.3) is 0 Å². The van der Waals surface area contributed by atoms with E-state index in [-0.39, 0.29) is 13.0 Å². The Hall–Kier alpha value is -2.82. The number of hydrogen-bond acceptors (Lipinski definition) is 2. The van der Waals surface area contributed by atoms with Crippen LogP contribution in [0.2, 0.25) is 0 Å². The van der Waals surface area contributed by atoms with Crippen molar-refractivity contribution in [3.63, 3.8) is 0 Å². The molecule has 2 aromatic carbocycles. The van der Waals surface area contributed by atoms with Crippen molar-refractivity contribution in [2.24, 2.45) is 0 Å². The van der Waals surface area contributed by atoms with Gasteiger partial charge >= 0.3 is 12.0 Å². The fourth-order valence-electron chi connectivity index (χ4n) is 1.91. The van der Waals surface area contributed by atoms with Gasteiger partial charge in [0, 0.05) is 12.1 Å². The zero-order valence-electron chi connectivity index (χ0n) is 11.4. The van der Waals surface area contributed by atoms with E-state index in [4.69, 9.17) is 5.11 Å². The van der Waals surface area contributed by atoms with Crippen LogP contribution in [-0.4, -0.2) is 23.7 Å². The van der Waals surface area contributed by atoms with Crippen molar-refractivity contribution in [3.8, 4) is 11.1 Å². The van der Waals surface area contributed by atoms with Gasteiger partial charge < -0.3 is 15.7 Å². The molecule has 0 radical (unpaired) electrons. The molecule has 21 heavy (non-hydrogen) atoms. The number of nitrogens with one attached hydrogen (secondary N) is 2. The Morgan fingerprint density at radius 3 is 2.33 bits per heavy atom. The number of urea groups is 1. The van der Waals surface area contributed by atoms with Crippen LogP contribution < -0.4 is 10.6 Å². The molecule has 5 heteroatoms. The van der Waals surface area contributed by atoms with Gasteiger partial charge in [-0.05, 0) is 11.6 Å². The molecule has 3 N–H and O–H groups in total. The maximum Gasteiger partial charge on any atom is 0.319 e. The Kier molecular flexibility index (Phi) is 4.93. The summed E-state index contributed by atoms with van der Waals surface area (Å²) in [6.07, 6.45) is -0.103. The lowest BCUT2D eigenvalue weighted by Gasteiger charge is -2.11. The van der Waals surface area contributed by atoms with E-state index >= 15 is 0 Å². The van der Waals surface area contributed by atoms with Gasteiger partial charge in [-0.1, -0.05) is 48.5 Å². The van der Waals surface area contributed by atoms with Crippen LogP contribution in [0, 0.1) is 0 Å². The average Bonchev–Trinajstić information content (AvgIpc) is 2.48. The fraction of sp³-hybridized carbons (Fsp3) is 0.125. The van der Waals surface area contributed by atoms with Crippen molar-refractivity contribution in [2.75, 3.05) is 11.9 Å². The first-order valence-electron chi connectivity index (χ1n) is 6.58. The van der Waals surface area contributed by atoms with Crippen LogP contribution in [-0.2, 0) is 4.79 Å². The second kappa shape index (κ2) is 7.09. The minimum absolute atomic E-state index is 0.0919. The molecule has 0 unspecified atom stereocenters. The van der Waals surface area contributed by atoms with Crippen molar-refractivity contribution in [1.82, 2.24) is 5.32 Å². The SMILES string of the molecule is O=C(O)CCNC(=O)Nc1ccccc1-c1ccccc1. The number of benzene rings is 2. The Labute approximate surface area is 122 Å². The molecule has 0 heterocycles. The topological polar surface area (TPSA) is 78.4 Å². The summed E-state index contributed by atoms with van der Waals surface area (Å²) in [6.45, 7) is 0.0919. The number of carbonyl (C=O) groups excluding carboxylic acids is 1. The number of aliphatic carboxylic acids is 1. The lowest BCUT2D eigenvalue weighted by atomic mass is 10.0. The summed E-state index contributed by atoms with van der Waals surface area (Å²) >= 11 is 0. The van der Waals surface area contributed by atoms with E-state index in [1.54, 1.807) is 6.07 Å². The maximum atomic E-state index is 11.8. The lowest BCUT2D eigenvalue weighted by Crippen LogP contribution is -2.30. The standard InChI is InChI=1S/C16H16N2O3/c19-15(20)10-11-17-16(21)18-14-9-5-4-8-13(14)12-6-2-1-3-7-12/h1-9H,10-11H2,(H,19,20)(H2,17,18,21). The molecule has 0 spiro atoms. The molecule has 0 fully saturated rings. The van der Waals surface area contributed by atoms with Crippen LogP contribution in [0.1, 0.15) is 6.42 Å². The highest BCUT2D eigenvalue weighted by Crippen LogP contribution is 2.27. The van der Waals surface area contributed by atoms with Gasteiger partial charge in [0.05, 0.1) is 12.1 Å². The quantitative estimate of drug-likeness (QED) is 0.789. The molecule has 0 saturated carbocycles. The summed E-state index contributed by atoms with van der Waals surface area (Å²) < 4.78 is 0. The van der Waals surface area contributed by atoms with Crippen LogP contribution in [0.15, 0.2) is 54.6 Å². The van der Waals surface area contributed by atoms with Crippen LogP contribution in [0.5, 0.6) is 0 Å². The van der Waals surface area contributed by atoms with E-state index in [9.17, 15) is 9.59 Å². The molecule has 0 aliphatic heterocycles. The van der Waals surface area contributed by atoms with E-state index in [0.29, 0.717) is 5.69 Å². The molecule has 0 aliphatic carbocycles. The summed E-state index contributed by atoms with van der Waals surface area (Å²) in [6, 6.07) is 16.7. The zero-order valence-corrected chi connectivity index (χ0v) is 11.4. The number of carboxylic acids is 1.